The molecule has 2 rings (SSSR count). The van der Waals surface area contributed by atoms with Crippen molar-refractivity contribution in [2.24, 2.45) is 11.8 Å². The first-order valence-corrected chi connectivity index (χ1v) is 7.65. The van der Waals surface area contributed by atoms with Gasteiger partial charge in [-0.3, -0.25) is 0 Å². The van der Waals surface area contributed by atoms with E-state index in [-0.39, 0.29) is 5.92 Å². The molecule has 1 fully saturated rings. The zero-order valence-corrected chi connectivity index (χ0v) is 13.1. The van der Waals surface area contributed by atoms with Gasteiger partial charge in [-0.25, -0.2) is 4.79 Å². The third kappa shape index (κ3) is 3.14. The molecular formula is C17H25NO3. The molecule has 1 aromatic rings. The van der Waals surface area contributed by atoms with Crippen LogP contribution in [0.1, 0.15) is 39.5 Å². The van der Waals surface area contributed by atoms with Crippen molar-refractivity contribution in [3.63, 3.8) is 0 Å². The summed E-state index contributed by atoms with van der Waals surface area (Å²) in [6.07, 6.45) is 3.71. The number of aliphatic carboxylic acids is 1. The Balaban J connectivity index is 2.29. The lowest BCUT2D eigenvalue weighted by Gasteiger charge is -2.44. The van der Waals surface area contributed by atoms with Gasteiger partial charge >= 0.3 is 5.97 Å². The van der Waals surface area contributed by atoms with Gasteiger partial charge in [0.15, 0.2) is 0 Å². The molecule has 0 bridgehead atoms. The molecule has 1 aromatic carbocycles. The zero-order chi connectivity index (χ0) is 15.5. The lowest BCUT2D eigenvalue weighted by atomic mass is 9.67. The topological polar surface area (TPSA) is 58.6 Å². The van der Waals surface area contributed by atoms with E-state index in [0.717, 1.165) is 30.7 Å². The van der Waals surface area contributed by atoms with Crippen LogP contribution < -0.4 is 10.1 Å². The molecule has 0 amide bonds. The van der Waals surface area contributed by atoms with Crippen molar-refractivity contribution in [3.05, 3.63) is 24.3 Å². The second kappa shape index (κ2) is 6.37. The number of carboxylic acids is 1. The van der Waals surface area contributed by atoms with Crippen molar-refractivity contribution in [2.45, 2.75) is 45.1 Å². The summed E-state index contributed by atoms with van der Waals surface area (Å²) in [4.78, 5) is 12.0. The van der Waals surface area contributed by atoms with E-state index in [1.807, 2.05) is 24.3 Å². The number of carbonyl (C=O) groups is 1. The Hall–Kier alpha value is -1.71. The molecular weight excluding hydrogens is 266 g/mol. The molecule has 2 unspecified atom stereocenters. The second-order valence-electron chi connectivity index (χ2n) is 6.23. The monoisotopic (exact) mass is 291 g/mol. The predicted molar refractivity (Wildman–Crippen MR) is 83.8 cm³/mol. The van der Waals surface area contributed by atoms with Crippen LogP contribution in [0.25, 0.3) is 0 Å². The summed E-state index contributed by atoms with van der Waals surface area (Å²) < 4.78 is 5.15. The number of benzene rings is 1. The van der Waals surface area contributed by atoms with Gasteiger partial charge < -0.3 is 15.2 Å². The summed E-state index contributed by atoms with van der Waals surface area (Å²) >= 11 is 0. The van der Waals surface area contributed by atoms with Crippen molar-refractivity contribution in [3.8, 4) is 5.75 Å². The van der Waals surface area contributed by atoms with Crippen LogP contribution in [0.4, 0.5) is 5.69 Å². The number of nitrogens with one attached hydrogen (secondary N) is 1. The third-order valence-electron chi connectivity index (χ3n) is 4.61. The van der Waals surface area contributed by atoms with Gasteiger partial charge in [0.25, 0.3) is 0 Å². The van der Waals surface area contributed by atoms with E-state index in [9.17, 15) is 9.90 Å². The van der Waals surface area contributed by atoms with Gasteiger partial charge in [-0.15, -0.1) is 0 Å². The standard InChI is InChI=1S/C17H25NO3/c1-12(2)15-6-4-5-11-17(15,16(19)20)18-13-7-9-14(21-3)10-8-13/h7-10,12,15,18H,4-6,11H2,1-3H3,(H,19,20). The molecule has 1 saturated carbocycles. The van der Waals surface area contributed by atoms with Crippen molar-refractivity contribution in [1.82, 2.24) is 0 Å². The zero-order valence-electron chi connectivity index (χ0n) is 13.1. The number of carboxylic acid groups (broad SMARTS) is 1. The van der Waals surface area contributed by atoms with Crippen molar-refractivity contribution in [1.29, 1.82) is 0 Å². The van der Waals surface area contributed by atoms with E-state index in [1.165, 1.54) is 0 Å². The molecule has 116 valence electrons. The fourth-order valence-electron chi connectivity index (χ4n) is 3.51. The maximum absolute atomic E-state index is 12.0. The lowest BCUT2D eigenvalue weighted by molar-refractivity contribution is -0.146. The maximum atomic E-state index is 12.0. The van der Waals surface area contributed by atoms with Crippen LogP contribution in [0.3, 0.4) is 0 Å². The number of hydrogen-bond acceptors (Lipinski definition) is 3. The van der Waals surface area contributed by atoms with Crippen LogP contribution in [-0.2, 0) is 4.79 Å². The van der Waals surface area contributed by atoms with E-state index < -0.39 is 11.5 Å². The van der Waals surface area contributed by atoms with E-state index in [1.54, 1.807) is 7.11 Å². The Kier molecular flexibility index (Phi) is 4.76. The molecule has 0 radical (unpaired) electrons. The van der Waals surface area contributed by atoms with Gasteiger partial charge in [-0.2, -0.15) is 0 Å². The van der Waals surface area contributed by atoms with Gasteiger partial charge in [0.05, 0.1) is 7.11 Å². The lowest BCUT2D eigenvalue weighted by Crippen LogP contribution is -2.55. The number of ether oxygens (including phenoxy) is 1. The van der Waals surface area contributed by atoms with E-state index in [4.69, 9.17) is 4.74 Å². The summed E-state index contributed by atoms with van der Waals surface area (Å²) in [5.74, 6) is 0.517. The van der Waals surface area contributed by atoms with Crippen molar-refractivity contribution >= 4 is 11.7 Å². The minimum Gasteiger partial charge on any atom is -0.497 e. The minimum atomic E-state index is -0.860. The van der Waals surface area contributed by atoms with Crippen LogP contribution in [-0.4, -0.2) is 23.7 Å². The second-order valence-corrected chi connectivity index (χ2v) is 6.23. The average Bonchev–Trinajstić information content (AvgIpc) is 2.48. The first kappa shape index (κ1) is 15.7. The Morgan fingerprint density at radius 2 is 2.00 bits per heavy atom. The van der Waals surface area contributed by atoms with Crippen LogP contribution >= 0.6 is 0 Å². The summed E-state index contributed by atoms with van der Waals surface area (Å²) in [6, 6.07) is 7.47. The van der Waals surface area contributed by atoms with E-state index in [0.29, 0.717) is 12.3 Å². The summed E-state index contributed by atoms with van der Waals surface area (Å²) in [6.45, 7) is 4.23. The number of hydrogen-bond donors (Lipinski definition) is 2. The Bertz CT molecular complexity index is 483. The SMILES string of the molecule is COc1ccc(NC2(C(=O)O)CCCCC2C(C)C)cc1. The molecule has 2 N–H and O–H groups in total. The predicted octanol–water partition coefficient (Wildman–Crippen LogP) is 3.78. The minimum absolute atomic E-state index is 0.144. The summed E-state index contributed by atoms with van der Waals surface area (Å²) in [5.41, 5.74) is -0.0215. The van der Waals surface area contributed by atoms with E-state index >= 15 is 0 Å². The smallest absolute Gasteiger partial charge is 0.329 e. The van der Waals surface area contributed by atoms with Crippen LogP contribution in [0, 0.1) is 11.8 Å². The van der Waals surface area contributed by atoms with Crippen molar-refractivity contribution < 1.29 is 14.6 Å². The maximum Gasteiger partial charge on any atom is 0.329 e. The molecule has 21 heavy (non-hydrogen) atoms. The molecule has 4 heteroatoms. The van der Waals surface area contributed by atoms with Crippen LogP contribution in [0.15, 0.2) is 24.3 Å². The molecule has 0 aliphatic heterocycles. The molecule has 0 spiro atoms. The quantitative estimate of drug-likeness (QED) is 0.867. The fourth-order valence-corrected chi connectivity index (χ4v) is 3.51. The highest BCUT2D eigenvalue weighted by Gasteiger charge is 2.48. The van der Waals surface area contributed by atoms with Gasteiger partial charge in [0.2, 0.25) is 0 Å². The largest absolute Gasteiger partial charge is 0.497 e. The molecule has 1 aliphatic rings. The molecule has 1 aliphatic carbocycles. The first-order valence-electron chi connectivity index (χ1n) is 7.65. The molecule has 0 heterocycles. The number of methoxy groups -OCH3 is 1. The van der Waals surface area contributed by atoms with Gasteiger partial charge in [-0.1, -0.05) is 26.7 Å². The van der Waals surface area contributed by atoms with E-state index in [2.05, 4.69) is 19.2 Å². The van der Waals surface area contributed by atoms with Gasteiger partial charge in [0.1, 0.15) is 11.3 Å². The van der Waals surface area contributed by atoms with Gasteiger partial charge in [-0.05, 0) is 48.9 Å². The van der Waals surface area contributed by atoms with Crippen LogP contribution in [0.5, 0.6) is 5.75 Å². The number of anilines is 1. The number of rotatable bonds is 5. The summed E-state index contributed by atoms with van der Waals surface area (Å²) in [5, 5.41) is 13.2. The van der Waals surface area contributed by atoms with Gasteiger partial charge in [0, 0.05) is 5.69 Å². The Morgan fingerprint density at radius 1 is 1.33 bits per heavy atom. The molecule has 0 saturated heterocycles. The molecule has 0 aromatic heterocycles. The molecule has 4 nitrogen and oxygen atoms in total. The molecule has 2 atom stereocenters. The average molecular weight is 291 g/mol. The van der Waals surface area contributed by atoms with Crippen LogP contribution in [0.2, 0.25) is 0 Å². The highest BCUT2D eigenvalue weighted by Crippen LogP contribution is 2.41. The Labute approximate surface area is 126 Å². The normalized spacial score (nSPS) is 25.6. The third-order valence-corrected chi connectivity index (χ3v) is 4.61. The Morgan fingerprint density at radius 3 is 2.52 bits per heavy atom. The highest BCUT2D eigenvalue weighted by atomic mass is 16.5. The fraction of sp³-hybridized carbons (Fsp3) is 0.588. The highest BCUT2D eigenvalue weighted by molar-refractivity contribution is 5.83. The first-order chi connectivity index (χ1) is 9.99. The van der Waals surface area contributed by atoms with Crippen molar-refractivity contribution in [2.75, 3.05) is 12.4 Å². The summed E-state index contributed by atoms with van der Waals surface area (Å²) in [7, 11) is 1.62.